The van der Waals surface area contributed by atoms with E-state index in [2.05, 4.69) is 6.92 Å². The van der Waals surface area contributed by atoms with Crippen LogP contribution < -0.4 is 4.31 Å². The maximum atomic E-state index is 12.9. The van der Waals surface area contributed by atoms with E-state index in [-0.39, 0.29) is 0 Å². The van der Waals surface area contributed by atoms with Gasteiger partial charge in [0.1, 0.15) is 4.21 Å². The van der Waals surface area contributed by atoms with E-state index >= 15 is 0 Å². The van der Waals surface area contributed by atoms with Crippen molar-refractivity contribution in [1.29, 1.82) is 0 Å². The lowest BCUT2D eigenvalue weighted by Crippen LogP contribution is -2.38. The summed E-state index contributed by atoms with van der Waals surface area (Å²) in [5, 5.41) is 0. The van der Waals surface area contributed by atoms with Gasteiger partial charge in [0.2, 0.25) is 0 Å². The van der Waals surface area contributed by atoms with Crippen molar-refractivity contribution in [3.8, 4) is 0 Å². The van der Waals surface area contributed by atoms with Gasteiger partial charge in [-0.25, -0.2) is 8.42 Å². The Morgan fingerprint density at radius 2 is 2.05 bits per heavy atom. The average molecular weight is 342 g/mol. The first kappa shape index (κ1) is 14.9. The zero-order chi connectivity index (χ0) is 15.0. The molecular formula is C15H16ClNO2S2. The van der Waals surface area contributed by atoms with Crippen molar-refractivity contribution >= 4 is 38.6 Å². The molecular weight excluding hydrogens is 326 g/mol. The minimum atomic E-state index is -3.50. The number of hydrogen-bond acceptors (Lipinski definition) is 3. The highest BCUT2D eigenvalue weighted by Crippen LogP contribution is 2.35. The number of para-hydroxylation sites is 1. The normalized spacial score (nSPS) is 18.6. The zero-order valence-electron chi connectivity index (χ0n) is 11.6. The quantitative estimate of drug-likeness (QED) is 0.795. The highest BCUT2D eigenvalue weighted by atomic mass is 35.5. The summed E-state index contributed by atoms with van der Waals surface area (Å²) in [5.41, 5.74) is 1.89. The van der Waals surface area contributed by atoms with Gasteiger partial charge in [0.25, 0.3) is 10.0 Å². The molecule has 0 aliphatic carbocycles. The van der Waals surface area contributed by atoms with Crippen molar-refractivity contribution in [2.75, 3.05) is 10.8 Å². The fourth-order valence-electron chi connectivity index (χ4n) is 2.65. The van der Waals surface area contributed by atoms with Crippen LogP contribution >= 0.6 is 22.9 Å². The third-order valence-corrected chi connectivity index (χ3v) is 7.40. The molecule has 2 heterocycles. The lowest BCUT2D eigenvalue weighted by atomic mass is 9.96. The van der Waals surface area contributed by atoms with Crippen LogP contribution in [-0.4, -0.2) is 15.0 Å². The van der Waals surface area contributed by atoms with E-state index in [1.54, 1.807) is 16.4 Å². The van der Waals surface area contributed by atoms with Gasteiger partial charge in [-0.3, -0.25) is 4.31 Å². The van der Waals surface area contributed by atoms with Crippen molar-refractivity contribution in [2.45, 2.75) is 23.4 Å². The third kappa shape index (κ3) is 2.70. The summed E-state index contributed by atoms with van der Waals surface area (Å²) in [6, 6.07) is 11.2. The number of fused-ring (bicyclic) bond motifs is 1. The van der Waals surface area contributed by atoms with Gasteiger partial charge in [-0.05, 0) is 36.1 Å². The van der Waals surface area contributed by atoms with Gasteiger partial charge < -0.3 is 0 Å². The highest BCUT2D eigenvalue weighted by Gasteiger charge is 2.32. The number of anilines is 1. The van der Waals surface area contributed by atoms with Crippen LogP contribution in [0.5, 0.6) is 0 Å². The van der Waals surface area contributed by atoms with Gasteiger partial charge in [-0.1, -0.05) is 25.1 Å². The van der Waals surface area contributed by atoms with Gasteiger partial charge in [0.15, 0.2) is 0 Å². The van der Waals surface area contributed by atoms with E-state index in [1.807, 2.05) is 24.3 Å². The Labute approximate surface area is 134 Å². The number of halogens is 1. The molecule has 0 radical (unpaired) electrons. The van der Waals surface area contributed by atoms with Gasteiger partial charge in [-0.15, -0.1) is 22.9 Å². The Morgan fingerprint density at radius 3 is 2.76 bits per heavy atom. The summed E-state index contributed by atoms with van der Waals surface area (Å²) in [7, 11) is -3.50. The predicted molar refractivity (Wildman–Crippen MR) is 87.7 cm³/mol. The molecule has 0 amide bonds. The molecule has 1 aliphatic rings. The summed E-state index contributed by atoms with van der Waals surface area (Å²) < 4.78 is 27.7. The molecule has 0 saturated heterocycles. The summed E-state index contributed by atoms with van der Waals surface area (Å²) in [6.45, 7) is 2.60. The van der Waals surface area contributed by atoms with Crippen LogP contribution in [-0.2, 0) is 22.3 Å². The van der Waals surface area contributed by atoms with Crippen LogP contribution in [0.15, 0.2) is 40.6 Å². The number of alkyl halides is 1. The second kappa shape index (κ2) is 5.63. The molecule has 1 aliphatic heterocycles. The summed E-state index contributed by atoms with van der Waals surface area (Å²) in [6.07, 6.45) is 0.916. The smallest absolute Gasteiger partial charge is 0.265 e. The standard InChI is InChI=1S/C15H16ClNO2S2/c1-11-8-12-4-2-3-5-14(12)17(10-11)21(18,19)15-7-6-13(9-16)20-15/h2-7,11H,8-10H2,1H3. The second-order valence-electron chi connectivity index (χ2n) is 5.33. The van der Waals surface area contributed by atoms with Crippen molar-refractivity contribution in [3.05, 3.63) is 46.8 Å². The lowest BCUT2D eigenvalue weighted by Gasteiger charge is -2.33. The number of benzene rings is 1. The van der Waals surface area contributed by atoms with Crippen molar-refractivity contribution < 1.29 is 8.42 Å². The molecule has 6 heteroatoms. The van der Waals surface area contributed by atoms with Crippen LogP contribution in [0.25, 0.3) is 0 Å². The van der Waals surface area contributed by atoms with Crippen LogP contribution in [0, 0.1) is 5.92 Å². The van der Waals surface area contributed by atoms with E-state index in [4.69, 9.17) is 11.6 Å². The molecule has 0 N–H and O–H groups in total. The Bertz CT molecular complexity index is 755. The fourth-order valence-corrected chi connectivity index (χ4v) is 5.85. The number of rotatable bonds is 3. The lowest BCUT2D eigenvalue weighted by molar-refractivity contribution is 0.546. The van der Waals surface area contributed by atoms with Crippen molar-refractivity contribution in [2.24, 2.45) is 5.92 Å². The SMILES string of the molecule is CC1Cc2ccccc2N(S(=O)(=O)c2ccc(CCl)s2)C1. The predicted octanol–water partition coefficient (Wildman–Crippen LogP) is 3.87. The first-order chi connectivity index (χ1) is 10.0. The molecule has 0 spiro atoms. The van der Waals surface area contributed by atoms with Crippen LogP contribution in [0.4, 0.5) is 5.69 Å². The number of sulfonamides is 1. The monoisotopic (exact) mass is 341 g/mol. The molecule has 3 rings (SSSR count). The summed E-state index contributed by atoms with van der Waals surface area (Å²) in [5.74, 6) is 0.648. The zero-order valence-corrected chi connectivity index (χ0v) is 14.0. The Hall–Kier alpha value is -1.04. The van der Waals surface area contributed by atoms with Crippen LogP contribution in [0.1, 0.15) is 17.4 Å². The van der Waals surface area contributed by atoms with Gasteiger partial charge in [-0.2, -0.15) is 0 Å². The minimum Gasteiger partial charge on any atom is -0.265 e. The van der Waals surface area contributed by atoms with Crippen molar-refractivity contribution in [1.82, 2.24) is 0 Å². The number of nitrogens with zero attached hydrogens (tertiary/aromatic N) is 1. The van der Waals surface area contributed by atoms with Crippen LogP contribution in [0.3, 0.4) is 0 Å². The fraction of sp³-hybridized carbons (Fsp3) is 0.333. The first-order valence-corrected chi connectivity index (χ1v) is 9.57. The molecule has 1 unspecified atom stereocenters. The Kier molecular flexibility index (Phi) is 3.99. The first-order valence-electron chi connectivity index (χ1n) is 6.77. The molecule has 0 saturated carbocycles. The molecule has 21 heavy (non-hydrogen) atoms. The second-order valence-corrected chi connectivity index (χ2v) is 8.85. The molecule has 1 atom stereocenters. The van der Waals surface area contributed by atoms with E-state index < -0.39 is 10.0 Å². The maximum absolute atomic E-state index is 12.9. The molecule has 1 aromatic heterocycles. The van der Waals surface area contributed by atoms with Gasteiger partial charge >= 0.3 is 0 Å². The molecule has 2 aromatic rings. The highest BCUT2D eigenvalue weighted by molar-refractivity contribution is 7.94. The molecule has 0 fully saturated rings. The van der Waals surface area contributed by atoms with E-state index in [0.717, 1.165) is 22.5 Å². The summed E-state index contributed by atoms with van der Waals surface area (Å²) >= 11 is 7.03. The minimum absolute atomic E-state index is 0.308. The average Bonchev–Trinajstić information content (AvgIpc) is 2.96. The van der Waals surface area contributed by atoms with Crippen LogP contribution in [0.2, 0.25) is 0 Å². The molecule has 0 bridgehead atoms. The Morgan fingerprint density at radius 1 is 1.29 bits per heavy atom. The van der Waals surface area contributed by atoms with E-state index in [9.17, 15) is 8.42 Å². The van der Waals surface area contributed by atoms with Gasteiger partial charge in [0, 0.05) is 11.4 Å². The molecule has 112 valence electrons. The largest absolute Gasteiger partial charge is 0.273 e. The third-order valence-electron chi connectivity index (χ3n) is 3.62. The maximum Gasteiger partial charge on any atom is 0.273 e. The number of hydrogen-bond donors (Lipinski definition) is 0. The van der Waals surface area contributed by atoms with Gasteiger partial charge in [0.05, 0.1) is 11.6 Å². The van der Waals surface area contributed by atoms with E-state index in [1.165, 1.54) is 11.3 Å². The topological polar surface area (TPSA) is 37.4 Å². The molecule has 1 aromatic carbocycles. The molecule has 3 nitrogen and oxygen atoms in total. The number of thiophene rings is 1. The van der Waals surface area contributed by atoms with Crippen molar-refractivity contribution in [3.63, 3.8) is 0 Å². The summed E-state index contributed by atoms with van der Waals surface area (Å²) in [4.78, 5) is 0.869. The van der Waals surface area contributed by atoms with E-state index in [0.29, 0.717) is 22.6 Å². The Balaban J connectivity index is 2.07.